The Kier molecular flexibility index (Phi) is 4.68. The zero-order chi connectivity index (χ0) is 16.1. The van der Waals surface area contributed by atoms with E-state index in [1.54, 1.807) is 23.0 Å². The largest absolute Gasteiger partial charge is 0.325 e. The van der Waals surface area contributed by atoms with Gasteiger partial charge in [-0.05, 0) is 30.3 Å². The van der Waals surface area contributed by atoms with Crippen LogP contribution in [0, 0.1) is 5.82 Å². The Hall–Kier alpha value is -2.67. The van der Waals surface area contributed by atoms with Crippen LogP contribution < -0.4 is 5.32 Å². The van der Waals surface area contributed by atoms with E-state index in [2.05, 4.69) is 15.5 Å². The first-order chi connectivity index (χ1) is 11.2. The van der Waals surface area contributed by atoms with E-state index in [1.807, 2.05) is 30.3 Å². The van der Waals surface area contributed by atoms with Crippen molar-refractivity contribution >= 4 is 23.4 Å². The maximum Gasteiger partial charge on any atom is 0.234 e. The molecule has 0 aliphatic carbocycles. The van der Waals surface area contributed by atoms with E-state index in [1.165, 1.54) is 23.9 Å². The van der Waals surface area contributed by atoms with Crippen LogP contribution in [0.15, 0.2) is 66.1 Å². The van der Waals surface area contributed by atoms with Crippen molar-refractivity contribution in [3.8, 4) is 5.69 Å². The Balaban J connectivity index is 1.63. The first-order valence-corrected chi connectivity index (χ1v) is 7.84. The van der Waals surface area contributed by atoms with Crippen LogP contribution in [0.1, 0.15) is 0 Å². The van der Waals surface area contributed by atoms with Gasteiger partial charge in [-0.25, -0.2) is 4.39 Å². The molecule has 0 radical (unpaired) electrons. The number of hydrogen-bond acceptors (Lipinski definition) is 4. The number of benzene rings is 2. The summed E-state index contributed by atoms with van der Waals surface area (Å²) >= 11 is 1.26. The minimum Gasteiger partial charge on any atom is -0.325 e. The van der Waals surface area contributed by atoms with Gasteiger partial charge in [0.1, 0.15) is 12.1 Å². The van der Waals surface area contributed by atoms with E-state index in [-0.39, 0.29) is 17.5 Å². The van der Waals surface area contributed by atoms with Crippen LogP contribution in [0.5, 0.6) is 0 Å². The molecule has 0 unspecified atom stereocenters. The number of nitrogens with one attached hydrogen (secondary N) is 1. The van der Waals surface area contributed by atoms with E-state index in [0.717, 1.165) is 5.69 Å². The van der Waals surface area contributed by atoms with Gasteiger partial charge in [0.2, 0.25) is 5.91 Å². The van der Waals surface area contributed by atoms with Crippen molar-refractivity contribution in [3.63, 3.8) is 0 Å². The van der Waals surface area contributed by atoms with Crippen molar-refractivity contribution in [1.29, 1.82) is 0 Å². The van der Waals surface area contributed by atoms with Crippen LogP contribution in [0.25, 0.3) is 5.69 Å². The Labute approximate surface area is 136 Å². The number of rotatable bonds is 5. The molecule has 0 aliphatic heterocycles. The summed E-state index contributed by atoms with van der Waals surface area (Å²) in [5, 5.41) is 11.2. The molecule has 1 N–H and O–H groups in total. The Morgan fingerprint density at radius 3 is 2.78 bits per heavy atom. The molecular formula is C16H13FN4OS. The average Bonchev–Trinajstić information content (AvgIpc) is 3.02. The molecule has 0 spiro atoms. The monoisotopic (exact) mass is 328 g/mol. The van der Waals surface area contributed by atoms with Crippen molar-refractivity contribution in [1.82, 2.24) is 14.8 Å². The predicted octanol–water partition coefficient (Wildman–Crippen LogP) is 3.14. The number of carbonyl (C=O) groups excluding carboxylic acids is 1. The third-order valence-corrected chi connectivity index (χ3v) is 3.93. The van der Waals surface area contributed by atoms with Crippen LogP contribution >= 0.6 is 11.8 Å². The van der Waals surface area contributed by atoms with Gasteiger partial charge >= 0.3 is 0 Å². The lowest BCUT2D eigenvalue weighted by Crippen LogP contribution is -2.14. The van der Waals surface area contributed by atoms with Crippen LogP contribution in [-0.2, 0) is 4.79 Å². The van der Waals surface area contributed by atoms with E-state index in [4.69, 9.17) is 0 Å². The van der Waals surface area contributed by atoms with Gasteiger partial charge in [0.05, 0.1) is 5.75 Å². The molecule has 5 nitrogen and oxygen atoms in total. The number of para-hydroxylation sites is 1. The standard InChI is InChI=1S/C16H13FN4OS/c17-12-5-4-6-13(9-12)19-15(22)10-23-16-20-18-11-21(16)14-7-2-1-3-8-14/h1-9,11H,10H2,(H,19,22). The number of aromatic nitrogens is 3. The van der Waals surface area contributed by atoms with Crippen LogP contribution in [0.3, 0.4) is 0 Å². The van der Waals surface area contributed by atoms with Crippen molar-refractivity contribution in [2.75, 3.05) is 11.1 Å². The lowest BCUT2D eigenvalue weighted by atomic mass is 10.3. The van der Waals surface area contributed by atoms with Crippen LogP contribution in [0.2, 0.25) is 0 Å². The zero-order valence-electron chi connectivity index (χ0n) is 12.0. The maximum atomic E-state index is 13.1. The number of thioether (sulfide) groups is 1. The zero-order valence-corrected chi connectivity index (χ0v) is 12.8. The second-order valence-corrected chi connectivity index (χ2v) is 5.61. The SMILES string of the molecule is O=C(CSc1nncn1-c1ccccc1)Nc1cccc(F)c1. The Morgan fingerprint density at radius 2 is 2.00 bits per heavy atom. The summed E-state index contributed by atoms with van der Waals surface area (Å²) in [5.41, 5.74) is 1.35. The number of anilines is 1. The maximum absolute atomic E-state index is 13.1. The molecule has 3 rings (SSSR count). The number of nitrogens with zero attached hydrogens (tertiary/aromatic N) is 3. The molecule has 0 bridgehead atoms. The van der Waals surface area contributed by atoms with Gasteiger partial charge in [0.15, 0.2) is 5.16 Å². The van der Waals surface area contributed by atoms with Gasteiger partial charge in [-0.15, -0.1) is 10.2 Å². The Bertz CT molecular complexity index is 807. The number of amides is 1. The van der Waals surface area contributed by atoms with Crippen molar-refractivity contribution < 1.29 is 9.18 Å². The number of carbonyl (C=O) groups is 1. The lowest BCUT2D eigenvalue weighted by Gasteiger charge is -2.07. The fourth-order valence-corrected chi connectivity index (χ4v) is 2.71. The lowest BCUT2D eigenvalue weighted by molar-refractivity contribution is -0.113. The first-order valence-electron chi connectivity index (χ1n) is 6.86. The summed E-state index contributed by atoms with van der Waals surface area (Å²) in [4.78, 5) is 12.0. The van der Waals surface area contributed by atoms with Crippen molar-refractivity contribution in [2.24, 2.45) is 0 Å². The normalized spacial score (nSPS) is 10.5. The van der Waals surface area contributed by atoms with Gasteiger partial charge in [-0.1, -0.05) is 36.0 Å². The quantitative estimate of drug-likeness (QED) is 0.731. The molecule has 23 heavy (non-hydrogen) atoms. The topological polar surface area (TPSA) is 59.8 Å². The molecule has 0 fully saturated rings. The molecule has 0 saturated heterocycles. The van der Waals surface area contributed by atoms with Gasteiger partial charge in [0.25, 0.3) is 0 Å². The highest BCUT2D eigenvalue weighted by Crippen LogP contribution is 2.19. The van der Waals surface area contributed by atoms with E-state index >= 15 is 0 Å². The highest BCUT2D eigenvalue weighted by atomic mass is 32.2. The van der Waals surface area contributed by atoms with Crippen molar-refractivity contribution in [3.05, 3.63) is 66.7 Å². The van der Waals surface area contributed by atoms with Gasteiger partial charge in [-0.3, -0.25) is 9.36 Å². The van der Waals surface area contributed by atoms with E-state index in [0.29, 0.717) is 10.8 Å². The molecule has 3 aromatic rings. The molecule has 1 amide bonds. The van der Waals surface area contributed by atoms with Gasteiger partial charge in [0, 0.05) is 11.4 Å². The molecule has 2 aromatic carbocycles. The summed E-state index contributed by atoms with van der Waals surface area (Å²) < 4.78 is 14.9. The van der Waals surface area contributed by atoms with Gasteiger partial charge in [-0.2, -0.15) is 0 Å². The highest BCUT2D eigenvalue weighted by molar-refractivity contribution is 7.99. The summed E-state index contributed by atoms with van der Waals surface area (Å²) in [6, 6.07) is 15.4. The smallest absolute Gasteiger partial charge is 0.234 e. The number of hydrogen-bond donors (Lipinski definition) is 1. The van der Waals surface area contributed by atoms with E-state index in [9.17, 15) is 9.18 Å². The third-order valence-electron chi connectivity index (χ3n) is 2.99. The van der Waals surface area contributed by atoms with Crippen LogP contribution in [0.4, 0.5) is 10.1 Å². The minimum absolute atomic E-state index is 0.155. The van der Waals surface area contributed by atoms with E-state index < -0.39 is 0 Å². The highest BCUT2D eigenvalue weighted by Gasteiger charge is 2.10. The second-order valence-electron chi connectivity index (χ2n) is 4.67. The molecule has 7 heteroatoms. The average molecular weight is 328 g/mol. The number of halogens is 1. The first kappa shape index (κ1) is 15.2. The fourth-order valence-electron chi connectivity index (χ4n) is 1.98. The summed E-state index contributed by atoms with van der Waals surface area (Å²) in [7, 11) is 0. The molecule has 1 heterocycles. The molecule has 116 valence electrons. The molecule has 0 saturated carbocycles. The summed E-state index contributed by atoms with van der Waals surface area (Å²) in [6.07, 6.45) is 1.60. The Morgan fingerprint density at radius 1 is 1.17 bits per heavy atom. The third kappa shape index (κ3) is 3.95. The molecule has 0 atom stereocenters. The summed E-state index contributed by atoms with van der Waals surface area (Å²) in [6.45, 7) is 0. The van der Waals surface area contributed by atoms with Gasteiger partial charge < -0.3 is 5.32 Å². The predicted molar refractivity (Wildman–Crippen MR) is 87.1 cm³/mol. The fraction of sp³-hybridized carbons (Fsp3) is 0.0625. The van der Waals surface area contributed by atoms with Crippen LogP contribution in [-0.4, -0.2) is 26.4 Å². The van der Waals surface area contributed by atoms with Crippen molar-refractivity contribution in [2.45, 2.75) is 5.16 Å². The minimum atomic E-state index is -0.390. The molecular weight excluding hydrogens is 315 g/mol. The molecule has 1 aromatic heterocycles. The molecule has 0 aliphatic rings. The second kappa shape index (κ2) is 7.06. The summed E-state index contributed by atoms with van der Waals surface area (Å²) in [5.74, 6) is -0.468.